The molecule has 1 aromatic carbocycles. The van der Waals surface area contributed by atoms with Gasteiger partial charge in [-0.2, -0.15) is 5.10 Å². The first-order valence-corrected chi connectivity index (χ1v) is 8.13. The first-order valence-electron chi connectivity index (χ1n) is 6.96. The maximum atomic E-state index is 6.43. The number of aryl methyl sites for hydroxylation is 1. The van der Waals surface area contributed by atoms with Crippen LogP contribution in [0.1, 0.15) is 5.56 Å². The highest BCUT2D eigenvalue weighted by atomic mass is 79.9. The van der Waals surface area contributed by atoms with Crippen LogP contribution >= 0.6 is 27.5 Å². The number of halogens is 2. The molecule has 1 atom stereocenters. The molecule has 2 aromatic rings. The molecule has 23 heavy (non-hydrogen) atoms. The highest BCUT2D eigenvalue weighted by molar-refractivity contribution is 9.10. The smallest absolute Gasteiger partial charge is 0.202 e. The Balaban J connectivity index is 1.83. The first-order chi connectivity index (χ1) is 10.9. The predicted molar refractivity (Wildman–Crippen MR) is 96.1 cm³/mol. The number of nitrogens with one attached hydrogen (secondary N) is 2. The number of anilines is 1. The second kappa shape index (κ2) is 6.35. The second-order valence-electron chi connectivity index (χ2n) is 5.36. The summed E-state index contributed by atoms with van der Waals surface area (Å²) in [5.74, 6) is 0.528. The fourth-order valence-corrected chi connectivity index (χ4v) is 2.92. The zero-order valence-corrected chi connectivity index (χ0v) is 14.8. The van der Waals surface area contributed by atoms with E-state index in [2.05, 4.69) is 36.7 Å². The van der Waals surface area contributed by atoms with Crippen LogP contribution in [0.25, 0.3) is 0 Å². The quantitative estimate of drug-likeness (QED) is 0.746. The third-order valence-electron chi connectivity index (χ3n) is 3.39. The van der Waals surface area contributed by atoms with E-state index >= 15 is 0 Å². The Morgan fingerprint density at radius 1 is 1.48 bits per heavy atom. The lowest BCUT2D eigenvalue weighted by Gasteiger charge is -2.29. The molecule has 6 nitrogen and oxygen atoms in total. The van der Waals surface area contributed by atoms with Crippen LogP contribution < -0.4 is 16.4 Å². The molecule has 1 aliphatic rings. The standard InChI is InChI=1S/C15H16BrClN6/c1-23-9-12(7-20-23)21-14-19-8-13(17)15(18,22-14)6-10-3-2-4-11(16)5-10/h2-5,7-9H,6,18H2,1H3,(H2,19,21,22). The van der Waals surface area contributed by atoms with E-state index in [9.17, 15) is 0 Å². The van der Waals surface area contributed by atoms with Gasteiger partial charge in [0.05, 0.1) is 16.9 Å². The van der Waals surface area contributed by atoms with E-state index < -0.39 is 5.66 Å². The topological polar surface area (TPSA) is 80.3 Å². The summed E-state index contributed by atoms with van der Waals surface area (Å²) in [6.07, 6.45) is 5.69. The van der Waals surface area contributed by atoms with Crippen molar-refractivity contribution in [3.63, 3.8) is 0 Å². The van der Waals surface area contributed by atoms with Crippen molar-refractivity contribution in [2.75, 3.05) is 5.32 Å². The van der Waals surface area contributed by atoms with E-state index in [1.807, 2.05) is 37.5 Å². The van der Waals surface area contributed by atoms with E-state index in [0.717, 1.165) is 15.7 Å². The fraction of sp³-hybridized carbons (Fsp3) is 0.200. The van der Waals surface area contributed by atoms with Gasteiger partial charge < -0.3 is 16.4 Å². The molecule has 4 N–H and O–H groups in total. The molecule has 0 saturated carbocycles. The van der Waals surface area contributed by atoms with Gasteiger partial charge in [0, 0.05) is 30.3 Å². The minimum absolute atomic E-state index is 0.453. The number of aromatic nitrogens is 2. The lowest BCUT2D eigenvalue weighted by molar-refractivity contribution is 0.531. The SMILES string of the molecule is Cn1cc(NC2=NC(N)(Cc3cccc(Br)c3)C(Cl)=CN2)cn1. The molecule has 2 heterocycles. The van der Waals surface area contributed by atoms with E-state index in [1.165, 1.54) is 0 Å². The van der Waals surface area contributed by atoms with Crippen LogP contribution in [0.15, 0.2) is 57.4 Å². The van der Waals surface area contributed by atoms with Gasteiger partial charge in [-0.05, 0) is 17.7 Å². The summed E-state index contributed by atoms with van der Waals surface area (Å²) < 4.78 is 2.69. The largest absolute Gasteiger partial charge is 0.331 e. The van der Waals surface area contributed by atoms with Crippen molar-refractivity contribution in [2.45, 2.75) is 12.1 Å². The molecular weight excluding hydrogens is 380 g/mol. The van der Waals surface area contributed by atoms with Gasteiger partial charge in [-0.15, -0.1) is 0 Å². The van der Waals surface area contributed by atoms with Crippen molar-refractivity contribution < 1.29 is 0 Å². The van der Waals surface area contributed by atoms with E-state index in [4.69, 9.17) is 17.3 Å². The molecular formula is C15H16BrClN6. The van der Waals surface area contributed by atoms with E-state index in [0.29, 0.717) is 17.4 Å². The van der Waals surface area contributed by atoms with Gasteiger partial charge in [0.2, 0.25) is 5.96 Å². The van der Waals surface area contributed by atoms with E-state index in [1.54, 1.807) is 17.1 Å². The number of hydrogen-bond acceptors (Lipinski definition) is 5. The second-order valence-corrected chi connectivity index (χ2v) is 6.68. The predicted octanol–water partition coefficient (Wildman–Crippen LogP) is 2.53. The average Bonchev–Trinajstić information content (AvgIpc) is 2.88. The number of aliphatic imine (C=N–C) groups is 1. The highest BCUT2D eigenvalue weighted by Gasteiger charge is 2.32. The molecule has 1 unspecified atom stereocenters. The van der Waals surface area contributed by atoms with Crippen LogP contribution in [0.3, 0.4) is 0 Å². The third-order valence-corrected chi connectivity index (χ3v) is 4.32. The highest BCUT2D eigenvalue weighted by Crippen LogP contribution is 2.27. The number of rotatable bonds is 3. The molecule has 0 aliphatic carbocycles. The maximum Gasteiger partial charge on any atom is 0.202 e. The summed E-state index contributed by atoms with van der Waals surface area (Å²) in [5.41, 5.74) is 7.27. The van der Waals surface area contributed by atoms with Crippen molar-refractivity contribution in [1.82, 2.24) is 15.1 Å². The molecule has 120 valence electrons. The van der Waals surface area contributed by atoms with Crippen molar-refractivity contribution in [1.29, 1.82) is 0 Å². The Hall–Kier alpha value is -1.83. The van der Waals surface area contributed by atoms with Gasteiger partial charge in [0.15, 0.2) is 5.66 Å². The lowest BCUT2D eigenvalue weighted by Crippen LogP contribution is -2.47. The molecule has 0 saturated heterocycles. The number of hydrogen-bond donors (Lipinski definition) is 3. The van der Waals surface area contributed by atoms with Crippen LogP contribution in [0.4, 0.5) is 5.69 Å². The summed E-state index contributed by atoms with van der Waals surface area (Å²) in [7, 11) is 1.85. The molecule has 1 aromatic heterocycles. The molecule has 0 amide bonds. The third kappa shape index (κ3) is 3.74. The van der Waals surface area contributed by atoms with E-state index in [-0.39, 0.29) is 0 Å². The Labute approximate surface area is 147 Å². The van der Waals surface area contributed by atoms with Crippen LogP contribution in [-0.4, -0.2) is 21.4 Å². The van der Waals surface area contributed by atoms with Gasteiger partial charge in [-0.1, -0.05) is 39.7 Å². The van der Waals surface area contributed by atoms with Crippen molar-refractivity contribution in [2.24, 2.45) is 17.8 Å². The lowest BCUT2D eigenvalue weighted by atomic mass is 10.00. The fourth-order valence-electron chi connectivity index (χ4n) is 2.31. The van der Waals surface area contributed by atoms with Crippen LogP contribution in [0.2, 0.25) is 0 Å². The molecule has 0 radical (unpaired) electrons. The van der Waals surface area contributed by atoms with Gasteiger partial charge in [0.25, 0.3) is 0 Å². The monoisotopic (exact) mass is 394 g/mol. The summed E-state index contributed by atoms with van der Waals surface area (Å²) in [6.45, 7) is 0. The average molecular weight is 396 g/mol. The summed E-state index contributed by atoms with van der Waals surface area (Å²) >= 11 is 9.76. The molecule has 3 rings (SSSR count). The van der Waals surface area contributed by atoms with Crippen molar-refractivity contribution in [3.8, 4) is 0 Å². The van der Waals surface area contributed by atoms with Crippen molar-refractivity contribution >= 4 is 39.2 Å². The number of guanidine groups is 1. The number of nitrogens with zero attached hydrogens (tertiary/aromatic N) is 3. The molecule has 8 heteroatoms. The summed E-state index contributed by atoms with van der Waals surface area (Å²) in [5, 5.41) is 10.7. The zero-order chi connectivity index (χ0) is 16.4. The molecule has 1 aliphatic heterocycles. The Bertz CT molecular complexity index is 784. The number of nitrogens with two attached hydrogens (primary N) is 1. The molecule has 0 bridgehead atoms. The first kappa shape index (κ1) is 16.0. The Morgan fingerprint density at radius 2 is 2.30 bits per heavy atom. The minimum atomic E-state index is -1.02. The van der Waals surface area contributed by atoms with Crippen LogP contribution in [0, 0.1) is 0 Å². The Kier molecular flexibility index (Phi) is 4.43. The molecule has 0 fully saturated rings. The number of benzene rings is 1. The summed E-state index contributed by atoms with van der Waals surface area (Å²) in [6, 6.07) is 7.92. The van der Waals surface area contributed by atoms with Crippen molar-refractivity contribution in [3.05, 3.63) is 57.9 Å². The van der Waals surface area contributed by atoms with Gasteiger partial charge in [-0.25, -0.2) is 4.99 Å². The van der Waals surface area contributed by atoms with Crippen LogP contribution in [0.5, 0.6) is 0 Å². The molecule has 0 spiro atoms. The summed E-state index contributed by atoms with van der Waals surface area (Å²) in [4.78, 5) is 4.54. The normalized spacial score (nSPS) is 20.5. The van der Waals surface area contributed by atoms with Gasteiger partial charge in [-0.3, -0.25) is 4.68 Å². The minimum Gasteiger partial charge on any atom is -0.331 e. The van der Waals surface area contributed by atoms with Gasteiger partial charge in [0.1, 0.15) is 0 Å². The van der Waals surface area contributed by atoms with Crippen LogP contribution in [-0.2, 0) is 13.5 Å². The maximum absolute atomic E-state index is 6.43. The Morgan fingerprint density at radius 3 is 3.00 bits per heavy atom. The zero-order valence-electron chi connectivity index (χ0n) is 12.4. The van der Waals surface area contributed by atoms with Gasteiger partial charge >= 0.3 is 0 Å².